The fourth-order valence-corrected chi connectivity index (χ4v) is 2.10. The summed E-state index contributed by atoms with van der Waals surface area (Å²) in [6.07, 6.45) is 1.16. The Kier molecular flexibility index (Phi) is 3.24. The summed E-state index contributed by atoms with van der Waals surface area (Å²) in [6.45, 7) is 5.32. The second kappa shape index (κ2) is 4.65. The standard InChI is InChI=1S/C11H19N5/c1-3-9-8-16(7-6-15(9)2)11-5-4-10(12)13-14-11/h4-5,9H,3,6-8H2,1-2H3,(H2,12,13). The number of piperazine rings is 1. The molecule has 1 aliphatic rings. The van der Waals surface area contributed by atoms with Crippen molar-refractivity contribution in [1.29, 1.82) is 0 Å². The third-order valence-electron chi connectivity index (χ3n) is 3.24. The van der Waals surface area contributed by atoms with E-state index in [-0.39, 0.29) is 0 Å². The van der Waals surface area contributed by atoms with Gasteiger partial charge in [0.05, 0.1) is 0 Å². The molecule has 0 aliphatic carbocycles. The van der Waals surface area contributed by atoms with E-state index in [0.29, 0.717) is 11.9 Å². The van der Waals surface area contributed by atoms with E-state index in [0.717, 1.165) is 31.9 Å². The van der Waals surface area contributed by atoms with Gasteiger partial charge in [-0.1, -0.05) is 6.92 Å². The van der Waals surface area contributed by atoms with Crippen molar-refractivity contribution in [2.75, 3.05) is 37.3 Å². The monoisotopic (exact) mass is 221 g/mol. The minimum atomic E-state index is 0.477. The van der Waals surface area contributed by atoms with Crippen LogP contribution >= 0.6 is 0 Å². The zero-order valence-electron chi connectivity index (χ0n) is 9.93. The maximum Gasteiger partial charge on any atom is 0.151 e. The number of anilines is 2. The van der Waals surface area contributed by atoms with Crippen LogP contribution < -0.4 is 10.6 Å². The summed E-state index contributed by atoms with van der Waals surface area (Å²) in [5.41, 5.74) is 5.53. The predicted molar refractivity (Wildman–Crippen MR) is 65.4 cm³/mol. The fourth-order valence-electron chi connectivity index (χ4n) is 2.10. The van der Waals surface area contributed by atoms with Crippen molar-refractivity contribution in [3.05, 3.63) is 12.1 Å². The first-order valence-electron chi connectivity index (χ1n) is 5.75. The minimum absolute atomic E-state index is 0.477. The first-order valence-corrected chi connectivity index (χ1v) is 5.75. The SMILES string of the molecule is CCC1CN(c2ccc(N)nn2)CCN1C. The average Bonchev–Trinajstić information content (AvgIpc) is 2.31. The van der Waals surface area contributed by atoms with E-state index in [1.54, 1.807) is 0 Å². The Hall–Kier alpha value is -1.36. The van der Waals surface area contributed by atoms with Gasteiger partial charge in [0, 0.05) is 25.7 Å². The van der Waals surface area contributed by atoms with Crippen molar-refractivity contribution in [2.45, 2.75) is 19.4 Å². The minimum Gasteiger partial charge on any atom is -0.382 e. The molecule has 88 valence electrons. The molecule has 0 spiro atoms. The Labute approximate surface area is 96.2 Å². The van der Waals surface area contributed by atoms with Crippen LogP contribution in [0.5, 0.6) is 0 Å². The Morgan fingerprint density at radius 2 is 2.19 bits per heavy atom. The highest BCUT2D eigenvalue weighted by Gasteiger charge is 2.23. The highest BCUT2D eigenvalue weighted by Crippen LogP contribution is 2.17. The van der Waals surface area contributed by atoms with Crippen molar-refractivity contribution >= 4 is 11.6 Å². The van der Waals surface area contributed by atoms with Crippen LogP contribution in [0.4, 0.5) is 11.6 Å². The lowest BCUT2D eigenvalue weighted by atomic mass is 10.1. The summed E-state index contributed by atoms with van der Waals surface area (Å²) in [7, 11) is 2.18. The summed E-state index contributed by atoms with van der Waals surface area (Å²) < 4.78 is 0. The average molecular weight is 221 g/mol. The number of nitrogen functional groups attached to an aromatic ring is 1. The van der Waals surface area contributed by atoms with Crippen LogP contribution in [0.3, 0.4) is 0 Å². The van der Waals surface area contributed by atoms with Crippen molar-refractivity contribution in [2.24, 2.45) is 0 Å². The van der Waals surface area contributed by atoms with Gasteiger partial charge < -0.3 is 10.6 Å². The molecule has 5 heteroatoms. The topological polar surface area (TPSA) is 58.3 Å². The number of rotatable bonds is 2. The lowest BCUT2D eigenvalue weighted by molar-refractivity contribution is 0.212. The molecule has 2 N–H and O–H groups in total. The maximum absolute atomic E-state index is 5.53. The molecule has 16 heavy (non-hydrogen) atoms. The van der Waals surface area contributed by atoms with Crippen LogP contribution in [0.25, 0.3) is 0 Å². The van der Waals surface area contributed by atoms with Crippen LogP contribution in [-0.4, -0.2) is 47.8 Å². The van der Waals surface area contributed by atoms with Gasteiger partial charge in [0.15, 0.2) is 5.82 Å². The quantitative estimate of drug-likeness (QED) is 0.792. The molecule has 1 unspecified atom stereocenters. The van der Waals surface area contributed by atoms with Crippen LogP contribution in [0, 0.1) is 0 Å². The van der Waals surface area contributed by atoms with E-state index in [2.05, 4.69) is 34.0 Å². The van der Waals surface area contributed by atoms with Crippen molar-refractivity contribution in [3.8, 4) is 0 Å². The molecule has 1 atom stereocenters. The molecule has 5 nitrogen and oxygen atoms in total. The lowest BCUT2D eigenvalue weighted by Gasteiger charge is -2.39. The molecule has 1 aliphatic heterocycles. The smallest absolute Gasteiger partial charge is 0.151 e. The number of nitrogens with zero attached hydrogens (tertiary/aromatic N) is 4. The van der Waals surface area contributed by atoms with E-state index in [1.165, 1.54) is 0 Å². The largest absolute Gasteiger partial charge is 0.382 e. The third-order valence-corrected chi connectivity index (χ3v) is 3.24. The Morgan fingerprint density at radius 3 is 2.81 bits per heavy atom. The van der Waals surface area contributed by atoms with Crippen LogP contribution in [0.2, 0.25) is 0 Å². The summed E-state index contributed by atoms with van der Waals surface area (Å²) in [5, 5.41) is 8.02. The Bertz CT molecular complexity index is 337. The zero-order chi connectivity index (χ0) is 11.5. The molecule has 2 heterocycles. The molecule has 2 rings (SSSR count). The molecule has 1 aromatic rings. The van der Waals surface area contributed by atoms with E-state index in [9.17, 15) is 0 Å². The van der Waals surface area contributed by atoms with Gasteiger partial charge in [0.25, 0.3) is 0 Å². The number of nitrogens with two attached hydrogens (primary N) is 1. The van der Waals surface area contributed by atoms with Crippen molar-refractivity contribution in [3.63, 3.8) is 0 Å². The van der Waals surface area contributed by atoms with Gasteiger partial charge in [-0.15, -0.1) is 10.2 Å². The zero-order valence-corrected chi connectivity index (χ0v) is 9.93. The predicted octanol–water partition coefficient (Wildman–Crippen LogP) is 0.589. The van der Waals surface area contributed by atoms with Crippen LogP contribution in [0.1, 0.15) is 13.3 Å². The normalized spacial score (nSPS) is 22.4. The van der Waals surface area contributed by atoms with Crippen molar-refractivity contribution in [1.82, 2.24) is 15.1 Å². The Balaban J connectivity index is 2.08. The molecule has 0 amide bonds. The van der Waals surface area contributed by atoms with E-state index in [4.69, 9.17) is 5.73 Å². The molecule has 1 fully saturated rings. The maximum atomic E-state index is 5.53. The Morgan fingerprint density at radius 1 is 1.38 bits per heavy atom. The molecule has 0 radical (unpaired) electrons. The molecular formula is C11H19N5. The van der Waals surface area contributed by atoms with E-state index in [1.807, 2.05) is 12.1 Å². The molecule has 1 aromatic heterocycles. The summed E-state index contributed by atoms with van der Waals surface area (Å²) in [6, 6.07) is 4.36. The molecule has 0 bridgehead atoms. The molecule has 0 aromatic carbocycles. The van der Waals surface area contributed by atoms with E-state index >= 15 is 0 Å². The first kappa shape index (κ1) is 11.1. The second-order valence-corrected chi connectivity index (χ2v) is 4.31. The molecule has 1 saturated heterocycles. The molecular weight excluding hydrogens is 202 g/mol. The first-order chi connectivity index (χ1) is 7.70. The fraction of sp³-hybridized carbons (Fsp3) is 0.636. The third kappa shape index (κ3) is 2.24. The number of aromatic nitrogens is 2. The van der Waals surface area contributed by atoms with Crippen LogP contribution in [-0.2, 0) is 0 Å². The summed E-state index contributed by atoms with van der Waals surface area (Å²) in [4.78, 5) is 4.68. The van der Waals surface area contributed by atoms with Gasteiger partial charge >= 0.3 is 0 Å². The van der Waals surface area contributed by atoms with Gasteiger partial charge in [-0.05, 0) is 25.6 Å². The van der Waals surface area contributed by atoms with Crippen molar-refractivity contribution < 1.29 is 0 Å². The summed E-state index contributed by atoms with van der Waals surface area (Å²) in [5.74, 6) is 1.41. The van der Waals surface area contributed by atoms with Gasteiger partial charge in [-0.3, -0.25) is 4.90 Å². The van der Waals surface area contributed by atoms with Gasteiger partial charge in [-0.2, -0.15) is 0 Å². The van der Waals surface area contributed by atoms with Crippen LogP contribution in [0.15, 0.2) is 12.1 Å². The number of hydrogen-bond donors (Lipinski definition) is 1. The van der Waals surface area contributed by atoms with Gasteiger partial charge in [0.1, 0.15) is 5.82 Å². The lowest BCUT2D eigenvalue weighted by Crippen LogP contribution is -2.51. The van der Waals surface area contributed by atoms with E-state index < -0.39 is 0 Å². The highest BCUT2D eigenvalue weighted by atomic mass is 15.3. The van der Waals surface area contributed by atoms with Gasteiger partial charge in [-0.25, -0.2) is 0 Å². The molecule has 0 saturated carbocycles. The highest BCUT2D eigenvalue weighted by molar-refractivity contribution is 5.42. The van der Waals surface area contributed by atoms with Gasteiger partial charge in [0.2, 0.25) is 0 Å². The number of likely N-dealkylation sites (N-methyl/N-ethyl adjacent to an activating group) is 1. The number of hydrogen-bond acceptors (Lipinski definition) is 5. The second-order valence-electron chi connectivity index (χ2n) is 4.31. The summed E-state index contributed by atoms with van der Waals surface area (Å²) >= 11 is 0.